The van der Waals surface area contributed by atoms with Gasteiger partial charge in [0.05, 0.1) is 17.1 Å². The fraction of sp³-hybridized carbons (Fsp3) is 0.545. The van der Waals surface area contributed by atoms with Crippen molar-refractivity contribution in [2.75, 3.05) is 6.54 Å². The first kappa shape index (κ1) is 13.6. The Balaban J connectivity index is 2.55. The quantitative estimate of drug-likeness (QED) is 0.840. The molecule has 1 amide bonds. The summed E-state index contributed by atoms with van der Waals surface area (Å²) >= 11 is 1.34. The maximum atomic E-state index is 11.7. The molecular formula is C11H16N2O3S. The van der Waals surface area contributed by atoms with Crippen LogP contribution >= 0.6 is 11.3 Å². The van der Waals surface area contributed by atoms with Crippen LogP contribution < -0.4 is 5.32 Å². The van der Waals surface area contributed by atoms with E-state index in [0.29, 0.717) is 10.8 Å². The van der Waals surface area contributed by atoms with E-state index in [0.717, 1.165) is 5.01 Å². The molecule has 0 aliphatic carbocycles. The van der Waals surface area contributed by atoms with Crippen molar-refractivity contribution in [3.05, 3.63) is 16.1 Å². The minimum Gasteiger partial charge on any atom is -0.481 e. The molecule has 0 radical (unpaired) electrons. The van der Waals surface area contributed by atoms with Crippen molar-refractivity contribution in [1.29, 1.82) is 0 Å². The van der Waals surface area contributed by atoms with Crippen LogP contribution in [0.25, 0.3) is 0 Å². The molecule has 17 heavy (non-hydrogen) atoms. The zero-order valence-electron chi connectivity index (χ0n) is 10.1. The maximum absolute atomic E-state index is 11.7. The van der Waals surface area contributed by atoms with Gasteiger partial charge in [0.2, 0.25) is 0 Å². The summed E-state index contributed by atoms with van der Waals surface area (Å²) in [4.78, 5) is 26.9. The van der Waals surface area contributed by atoms with Crippen molar-refractivity contribution in [3.63, 3.8) is 0 Å². The van der Waals surface area contributed by atoms with E-state index in [1.807, 2.05) is 13.8 Å². The molecule has 1 atom stereocenters. The van der Waals surface area contributed by atoms with Gasteiger partial charge in [0.15, 0.2) is 0 Å². The molecule has 6 heteroatoms. The van der Waals surface area contributed by atoms with Crippen LogP contribution in [-0.4, -0.2) is 28.5 Å². The minimum atomic E-state index is -0.919. The highest BCUT2D eigenvalue weighted by Gasteiger charge is 2.15. The van der Waals surface area contributed by atoms with Gasteiger partial charge in [-0.2, -0.15) is 0 Å². The summed E-state index contributed by atoms with van der Waals surface area (Å²) < 4.78 is 0. The number of amides is 1. The van der Waals surface area contributed by atoms with Crippen molar-refractivity contribution in [2.45, 2.75) is 26.7 Å². The Hall–Kier alpha value is -1.43. The first-order valence-electron chi connectivity index (χ1n) is 5.38. The van der Waals surface area contributed by atoms with Gasteiger partial charge < -0.3 is 10.4 Å². The third-order valence-corrected chi connectivity index (χ3v) is 3.53. The largest absolute Gasteiger partial charge is 0.481 e. The van der Waals surface area contributed by atoms with Gasteiger partial charge in [-0.05, 0) is 0 Å². The van der Waals surface area contributed by atoms with Gasteiger partial charge in [-0.1, -0.05) is 20.8 Å². The average molecular weight is 256 g/mol. The van der Waals surface area contributed by atoms with Crippen LogP contribution in [0.15, 0.2) is 6.20 Å². The van der Waals surface area contributed by atoms with Gasteiger partial charge in [0.25, 0.3) is 5.91 Å². The predicted octanol–water partition coefficient (Wildman–Crippen LogP) is 1.72. The van der Waals surface area contributed by atoms with Crippen molar-refractivity contribution >= 4 is 23.2 Å². The second-order valence-corrected chi connectivity index (χ2v) is 5.23. The van der Waals surface area contributed by atoms with Crippen molar-refractivity contribution < 1.29 is 14.7 Å². The van der Waals surface area contributed by atoms with Crippen LogP contribution in [0.4, 0.5) is 0 Å². The predicted molar refractivity (Wildman–Crippen MR) is 65.3 cm³/mol. The third-order valence-electron chi connectivity index (χ3n) is 2.23. The summed E-state index contributed by atoms with van der Waals surface area (Å²) in [5, 5.41) is 12.2. The van der Waals surface area contributed by atoms with E-state index in [9.17, 15) is 9.59 Å². The van der Waals surface area contributed by atoms with E-state index in [1.165, 1.54) is 17.5 Å². The number of hydrogen-bond donors (Lipinski definition) is 2. The molecule has 1 unspecified atom stereocenters. The second-order valence-electron chi connectivity index (χ2n) is 4.17. The Morgan fingerprint density at radius 3 is 2.59 bits per heavy atom. The molecule has 0 aliphatic heterocycles. The molecule has 1 heterocycles. The van der Waals surface area contributed by atoms with E-state index in [-0.39, 0.29) is 12.5 Å². The van der Waals surface area contributed by atoms with E-state index >= 15 is 0 Å². The topological polar surface area (TPSA) is 79.3 Å². The summed E-state index contributed by atoms with van der Waals surface area (Å²) in [5.74, 6) is -1.48. The van der Waals surface area contributed by atoms with Crippen LogP contribution in [0, 0.1) is 5.92 Å². The summed E-state index contributed by atoms with van der Waals surface area (Å²) in [6.45, 7) is 5.69. The number of thiazole rings is 1. The first-order valence-corrected chi connectivity index (χ1v) is 6.20. The number of carboxylic acids is 1. The molecular weight excluding hydrogens is 240 g/mol. The Bertz CT molecular complexity index is 415. The van der Waals surface area contributed by atoms with Gasteiger partial charge >= 0.3 is 5.97 Å². The molecule has 0 saturated carbocycles. The number of carbonyl (C=O) groups is 2. The van der Waals surface area contributed by atoms with Gasteiger partial charge in [-0.3, -0.25) is 9.59 Å². The van der Waals surface area contributed by atoms with Gasteiger partial charge in [-0.25, -0.2) is 4.98 Å². The lowest BCUT2D eigenvalue weighted by molar-refractivity contribution is -0.140. The Kier molecular flexibility index (Phi) is 4.62. The SMILES string of the molecule is CC(CNC(=O)c1cnc(C(C)C)s1)C(=O)O. The van der Waals surface area contributed by atoms with Crippen LogP contribution in [0.2, 0.25) is 0 Å². The van der Waals surface area contributed by atoms with Crippen molar-refractivity contribution in [2.24, 2.45) is 5.92 Å². The molecule has 1 aromatic rings. The lowest BCUT2D eigenvalue weighted by Gasteiger charge is -2.06. The number of nitrogens with zero attached hydrogens (tertiary/aromatic N) is 1. The normalized spacial score (nSPS) is 12.5. The average Bonchev–Trinajstić information content (AvgIpc) is 2.74. The molecule has 94 valence electrons. The maximum Gasteiger partial charge on any atom is 0.308 e. The number of rotatable bonds is 5. The molecule has 0 fully saturated rings. The van der Waals surface area contributed by atoms with Crippen molar-refractivity contribution in [1.82, 2.24) is 10.3 Å². The molecule has 0 aromatic carbocycles. The molecule has 0 saturated heterocycles. The van der Waals surface area contributed by atoms with Crippen LogP contribution in [0.1, 0.15) is 41.4 Å². The highest BCUT2D eigenvalue weighted by molar-refractivity contribution is 7.13. The lowest BCUT2D eigenvalue weighted by Crippen LogP contribution is -2.30. The number of carbonyl (C=O) groups excluding carboxylic acids is 1. The first-order chi connectivity index (χ1) is 7.91. The molecule has 1 aromatic heterocycles. The highest BCUT2D eigenvalue weighted by Crippen LogP contribution is 2.20. The second kappa shape index (κ2) is 5.77. The standard InChI is InChI=1S/C11H16N2O3S/c1-6(2)10-13-5-8(17-10)9(14)12-4-7(3)11(15)16/h5-7H,4H2,1-3H3,(H,12,14)(H,15,16). The fourth-order valence-electron chi connectivity index (χ4n) is 1.08. The van der Waals surface area contributed by atoms with Crippen LogP contribution in [0.3, 0.4) is 0 Å². The van der Waals surface area contributed by atoms with E-state index < -0.39 is 11.9 Å². The van der Waals surface area contributed by atoms with Crippen molar-refractivity contribution in [3.8, 4) is 0 Å². The molecule has 1 rings (SSSR count). The summed E-state index contributed by atoms with van der Waals surface area (Å²) in [7, 11) is 0. The number of hydrogen-bond acceptors (Lipinski definition) is 4. The van der Waals surface area contributed by atoms with E-state index in [1.54, 1.807) is 6.92 Å². The Labute approximate surface area is 104 Å². The van der Waals surface area contributed by atoms with Gasteiger partial charge in [0, 0.05) is 12.5 Å². The summed E-state index contributed by atoms with van der Waals surface area (Å²) in [6, 6.07) is 0. The van der Waals surface area contributed by atoms with Crippen LogP contribution in [-0.2, 0) is 4.79 Å². The zero-order valence-corrected chi connectivity index (χ0v) is 10.9. The zero-order chi connectivity index (χ0) is 13.0. The molecule has 0 aliphatic rings. The van der Waals surface area contributed by atoms with Gasteiger partial charge in [-0.15, -0.1) is 11.3 Å². The van der Waals surface area contributed by atoms with E-state index in [4.69, 9.17) is 5.11 Å². The highest BCUT2D eigenvalue weighted by atomic mass is 32.1. The monoisotopic (exact) mass is 256 g/mol. The number of aromatic nitrogens is 1. The summed E-state index contributed by atoms with van der Waals surface area (Å²) in [6.07, 6.45) is 1.53. The molecule has 2 N–H and O–H groups in total. The number of aliphatic carboxylic acids is 1. The van der Waals surface area contributed by atoms with E-state index in [2.05, 4.69) is 10.3 Å². The summed E-state index contributed by atoms with van der Waals surface area (Å²) in [5.41, 5.74) is 0. The lowest BCUT2D eigenvalue weighted by atomic mass is 10.2. The molecule has 5 nitrogen and oxygen atoms in total. The number of nitrogens with one attached hydrogen (secondary N) is 1. The third kappa shape index (κ3) is 3.81. The van der Waals surface area contributed by atoms with Crippen LogP contribution in [0.5, 0.6) is 0 Å². The Morgan fingerprint density at radius 2 is 2.12 bits per heavy atom. The fourth-order valence-corrected chi connectivity index (χ4v) is 1.92. The number of carboxylic acid groups (broad SMARTS) is 1. The molecule has 0 bridgehead atoms. The molecule has 0 spiro atoms. The smallest absolute Gasteiger partial charge is 0.308 e. The Morgan fingerprint density at radius 1 is 1.47 bits per heavy atom. The van der Waals surface area contributed by atoms with Gasteiger partial charge in [0.1, 0.15) is 4.88 Å². The minimum absolute atomic E-state index is 0.128.